The number of aromatic hydroxyl groups is 1. The average molecular weight is 826 g/mol. The van der Waals surface area contributed by atoms with Crippen LogP contribution in [0.5, 0.6) is 5.75 Å². The molecule has 0 amide bonds. The van der Waals surface area contributed by atoms with Crippen molar-refractivity contribution in [3.05, 3.63) is 204 Å². The van der Waals surface area contributed by atoms with Gasteiger partial charge in [-0.25, -0.2) is 19.9 Å². The Morgan fingerprint density at radius 2 is 1.16 bits per heavy atom. The molecule has 0 saturated carbocycles. The van der Waals surface area contributed by atoms with Gasteiger partial charge < -0.3 is 5.11 Å². The Morgan fingerprint density at radius 3 is 1.89 bits per heavy atom. The molecule has 306 valence electrons. The number of allylic oxidation sites excluding steroid dienone is 1. The lowest BCUT2D eigenvalue weighted by atomic mass is 9.80. The third kappa shape index (κ3) is 6.37. The second-order valence-corrected chi connectivity index (χ2v) is 17.0. The van der Waals surface area contributed by atoms with Gasteiger partial charge in [-0.2, -0.15) is 0 Å². The number of fused-ring (bicyclic) bond motifs is 6. The summed E-state index contributed by atoms with van der Waals surface area (Å²) in [6, 6.07) is 58.7. The molecule has 2 heterocycles. The summed E-state index contributed by atoms with van der Waals surface area (Å²) in [4.78, 5) is 25.5. The van der Waals surface area contributed by atoms with Crippen LogP contribution in [0.25, 0.3) is 95.1 Å². The molecule has 6 nitrogen and oxygen atoms in total. The number of para-hydroxylation sites is 1. The maximum absolute atomic E-state index is 10.5. The zero-order valence-electron chi connectivity index (χ0n) is 36.0. The highest BCUT2D eigenvalue weighted by Crippen LogP contribution is 2.51. The van der Waals surface area contributed by atoms with Gasteiger partial charge in [0.2, 0.25) is 0 Å². The first kappa shape index (κ1) is 38.8. The average Bonchev–Trinajstić information content (AvgIpc) is 3.57. The monoisotopic (exact) mass is 825 g/mol. The molecule has 64 heavy (non-hydrogen) atoms. The lowest BCUT2D eigenvalue weighted by molar-refractivity contribution is 0.474. The summed E-state index contributed by atoms with van der Waals surface area (Å²) in [5, 5.41) is 15.9. The molecule has 6 heteroatoms. The number of phenolic OH excluding ortho intramolecular Hbond substituents is 1. The molecular formula is C58H43N5O. The van der Waals surface area contributed by atoms with Crippen LogP contribution >= 0.6 is 0 Å². The van der Waals surface area contributed by atoms with E-state index in [0.717, 1.165) is 54.7 Å². The third-order valence-corrected chi connectivity index (χ3v) is 12.9. The fourth-order valence-corrected chi connectivity index (χ4v) is 9.65. The van der Waals surface area contributed by atoms with Gasteiger partial charge in [-0.15, -0.1) is 0 Å². The van der Waals surface area contributed by atoms with Crippen molar-refractivity contribution >= 4 is 44.2 Å². The summed E-state index contributed by atoms with van der Waals surface area (Å²) < 4.78 is 0. The van der Waals surface area contributed by atoms with E-state index in [2.05, 4.69) is 135 Å². The number of benzene rings is 8. The molecule has 8 aromatic carbocycles. The Morgan fingerprint density at radius 1 is 0.547 bits per heavy atom. The number of phenols is 1. The topological polar surface area (TPSA) is 84.2 Å². The van der Waals surface area contributed by atoms with Crippen molar-refractivity contribution in [1.82, 2.24) is 19.9 Å². The molecule has 1 N–H and O–H groups in total. The quantitative estimate of drug-likeness (QED) is 0.128. The molecule has 11 rings (SSSR count). The molecule has 0 aliphatic heterocycles. The largest absolute Gasteiger partial charge is 0.507 e. The van der Waals surface area contributed by atoms with Crippen molar-refractivity contribution in [2.75, 3.05) is 7.05 Å². The predicted octanol–water partition coefficient (Wildman–Crippen LogP) is 13.8. The van der Waals surface area contributed by atoms with Crippen molar-refractivity contribution in [2.45, 2.75) is 26.2 Å². The fraction of sp³-hybridized carbons (Fsp3) is 0.0862. The first-order valence-corrected chi connectivity index (χ1v) is 21.6. The molecule has 0 saturated heterocycles. The van der Waals surface area contributed by atoms with E-state index >= 15 is 0 Å². The fourth-order valence-electron chi connectivity index (χ4n) is 9.65. The highest BCUT2D eigenvalue weighted by Gasteiger charge is 2.35. The molecule has 1 aliphatic carbocycles. The Balaban J connectivity index is 1.09. The Bertz CT molecular complexity index is 3510. The summed E-state index contributed by atoms with van der Waals surface area (Å²) in [5.41, 5.74) is 14.3. The minimum Gasteiger partial charge on any atom is -0.507 e. The van der Waals surface area contributed by atoms with Crippen LogP contribution in [0.1, 0.15) is 41.7 Å². The standard InChI is InChI=1S/C58H43N5O/c1-35-36(29-32-49(59-4)46-23-13-15-25-51(46)64)26-27-37-30-33-50(60-54(35)37)56-61-55(38-16-6-5-7-17-38)62-57(63-56)53-44-21-10-8-19-42(44)52(43-20-9-11-22-45(43)53)39-28-31-41-40-18-12-14-24-47(40)58(2,3)48(41)34-39/h5-34,64H,1-4H3/b32-29-,59-49?. The minimum atomic E-state index is -0.128. The normalized spacial score (nSPS) is 13.2. The van der Waals surface area contributed by atoms with Crippen molar-refractivity contribution in [1.29, 1.82) is 0 Å². The van der Waals surface area contributed by atoms with Crippen LogP contribution in [0.2, 0.25) is 0 Å². The van der Waals surface area contributed by atoms with Gasteiger partial charge in [0.05, 0.1) is 11.2 Å². The summed E-state index contributed by atoms with van der Waals surface area (Å²) in [7, 11) is 1.73. The third-order valence-electron chi connectivity index (χ3n) is 12.9. The van der Waals surface area contributed by atoms with E-state index in [-0.39, 0.29) is 11.2 Å². The van der Waals surface area contributed by atoms with Crippen molar-refractivity contribution < 1.29 is 5.11 Å². The van der Waals surface area contributed by atoms with Crippen LogP contribution in [0, 0.1) is 6.92 Å². The summed E-state index contributed by atoms with van der Waals surface area (Å²) >= 11 is 0. The van der Waals surface area contributed by atoms with Gasteiger partial charge in [0.1, 0.15) is 11.4 Å². The van der Waals surface area contributed by atoms with Gasteiger partial charge in [-0.3, -0.25) is 4.99 Å². The SMILES string of the molecule is CN=C(/C=C\c1ccc2ccc(-c3nc(-c4ccccc4)nc(-c4c5ccccc5c(-c5ccc6c(c5)C(C)(C)c5ccccc5-6)c5ccccc45)n3)nc2c1C)c1ccccc1O. The highest BCUT2D eigenvalue weighted by molar-refractivity contribution is 6.21. The molecule has 0 atom stereocenters. The summed E-state index contributed by atoms with van der Waals surface area (Å²) in [6.07, 6.45) is 3.95. The second-order valence-electron chi connectivity index (χ2n) is 17.0. The molecule has 1 aliphatic rings. The van der Waals surface area contributed by atoms with Gasteiger partial charge in [0.25, 0.3) is 0 Å². The van der Waals surface area contributed by atoms with E-state index in [1.54, 1.807) is 19.2 Å². The van der Waals surface area contributed by atoms with Crippen molar-refractivity contribution in [3.63, 3.8) is 0 Å². The van der Waals surface area contributed by atoms with Crippen LogP contribution in [0.4, 0.5) is 0 Å². The molecule has 0 bridgehead atoms. The first-order valence-electron chi connectivity index (χ1n) is 21.6. The molecule has 0 unspecified atom stereocenters. The Labute approximate surface area is 372 Å². The molecule has 0 spiro atoms. The molecule has 0 fully saturated rings. The lowest BCUT2D eigenvalue weighted by Crippen LogP contribution is -2.14. The number of pyridine rings is 1. The summed E-state index contributed by atoms with van der Waals surface area (Å²) in [6.45, 7) is 6.75. The zero-order chi connectivity index (χ0) is 43.5. The van der Waals surface area contributed by atoms with Gasteiger partial charge >= 0.3 is 0 Å². The number of hydrogen-bond donors (Lipinski definition) is 1. The molecule has 2 aromatic heterocycles. The highest BCUT2D eigenvalue weighted by atomic mass is 16.3. The van der Waals surface area contributed by atoms with Crippen molar-refractivity contribution in [3.8, 4) is 62.3 Å². The summed E-state index contributed by atoms with van der Waals surface area (Å²) in [5.74, 6) is 1.83. The van der Waals surface area contributed by atoms with Gasteiger partial charge in [0.15, 0.2) is 17.5 Å². The number of aryl methyl sites for hydroxylation is 1. The lowest BCUT2D eigenvalue weighted by Gasteiger charge is -2.23. The van der Waals surface area contributed by atoms with Crippen LogP contribution < -0.4 is 0 Å². The molecule has 0 radical (unpaired) electrons. The molecule has 10 aromatic rings. The van der Waals surface area contributed by atoms with E-state index in [9.17, 15) is 5.11 Å². The van der Waals surface area contributed by atoms with E-state index in [1.807, 2.05) is 60.7 Å². The maximum Gasteiger partial charge on any atom is 0.182 e. The van der Waals surface area contributed by atoms with Gasteiger partial charge in [0, 0.05) is 34.5 Å². The second kappa shape index (κ2) is 15.4. The maximum atomic E-state index is 10.5. The molecular weight excluding hydrogens is 783 g/mol. The number of aliphatic imine (C=N–C) groups is 1. The smallest absolute Gasteiger partial charge is 0.182 e. The Kier molecular flexibility index (Phi) is 9.32. The zero-order valence-corrected chi connectivity index (χ0v) is 36.0. The van der Waals surface area contributed by atoms with E-state index in [1.165, 1.54) is 33.4 Å². The van der Waals surface area contributed by atoms with Crippen LogP contribution in [-0.2, 0) is 5.41 Å². The first-order chi connectivity index (χ1) is 31.3. The van der Waals surface area contributed by atoms with Crippen LogP contribution in [0.15, 0.2) is 181 Å². The van der Waals surface area contributed by atoms with Gasteiger partial charge in [-0.05, 0) is 103 Å². The minimum absolute atomic E-state index is 0.128. The van der Waals surface area contributed by atoms with Crippen molar-refractivity contribution in [2.24, 2.45) is 4.99 Å². The number of rotatable bonds is 7. The van der Waals surface area contributed by atoms with E-state index < -0.39 is 0 Å². The predicted molar refractivity (Wildman–Crippen MR) is 264 cm³/mol. The van der Waals surface area contributed by atoms with Crippen LogP contribution in [-0.4, -0.2) is 37.8 Å². The van der Waals surface area contributed by atoms with Crippen LogP contribution in [0.3, 0.4) is 0 Å². The Hall–Kier alpha value is -8.09. The number of hydrogen-bond acceptors (Lipinski definition) is 6. The number of nitrogens with zero attached hydrogens (tertiary/aromatic N) is 5. The van der Waals surface area contributed by atoms with Gasteiger partial charge in [-0.1, -0.05) is 166 Å². The van der Waals surface area contributed by atoms with E-state index in [4.69, 9.17) is 19.9 Å². The number of aromatic nitrogens is 4. The van der Waals surface area contributed by atoms with E-state index in [0.29, 0.717) is 34.4 Å².